The Labute approximate surface area is 211 Å². The number of carbonyl (C=O) groups is 1. The molecule has 4 nitrogen and oxygen atoms in total. The predicted molar refractivity (Wildman–Crippen MR) is 148 cm³/mol. The first-order chi connectivity index (χ1) is 17.1. The van der Waals surface area contributed by atoms with Crippen LogP contribution in [0, 0.1) is 0 Å². The van der Waals surface area contributed by atoms with Crippen LogP contribution < -0.4 is 5.32 Å². The molecule has 5 heteroatoms. The van der Waals surface area contributed by atoms with E-state index in [1.54, 1.807) is 11.8 Å². The number of benzene rings is 3. The second-order valence-electron chi connectivity index (χ2n) is 8.99. The summed E-state index contributed by atoms with van der Waals surface area (Å²) in [6.45, 7) is 2.13. The number of carbonyl (C=O) groups excluding carboxylic acids is 1. The van der Waals surface area contributed by atoms with E-state index in [0.717, 1.165) is 22.8 Å². The van der Waals surface area contributed by atoms with Gasteiger partial charge in [-0.1, -0.05) is 55.5 Å². The van der Waals surface area contributed by atoms with E-state index in [-0.39, 0.29) is 11.8 Å². The van der Waals surface area contributed by atoms with Gasteiger partial charge in [-0.2, -0.15) is 0 Å². The number of hydrogen-bond donors (Lipinski definition) is 1. The normalized spacial score (nSPS) is 11.5. The fourth-order valence-electron chi connectivity index (χ4n) is 5.12. The summed E-state index contributed by atoms with van der Waals surface area (Å²) >= 11 is 1.75. The highest BCUT2D eigenvalue weighted by Gasteiger charge is 2.24. The summed E-state index contributed by atoms with van der Waals surface area (Å²) in [7, 11) is 4.20. The van der Waals surface area contributed by atoms with Crippen molar-refractivity contribution in [3.05, 3.63) is 96.3 Å². The van der Waals surface area contributed by atoms with Crippen molar-refractivity contribution in [2.45, 2.75) is 30.6 Å². The smallest absolute Gasteiger partial charge is 0.224 e. The van der Waals surface area contributed by atoms with E-state index in [4.69, 9.17) is 0 Å². The lowest BCUT2D eigenvalue weighted by molar-refractivity contribution is -0.116. The zero-order valence-electron chi connectivity index (χ0n) is 20.5. The van der Waals surface area contributed by atoms with Gasteiger partial charge >= 0.3 is 0 Å². The van der Waals surface area contributed by atoms with Gasteiger partial charge in [-0.25, -0.2) is 0 Å². The van der Waals surface area contributed by atoms with Gasteiger partial charge in [-0.15, -0.1) is 11.8 Å². The molecule has 0 radical (unpaired) electrons. The second kappa shape index (κ2) is 10.0. The summed E-state index contributed by atoms with van der Waals surface area (Å²) < 4.78 is 4.39. The maximum atomic E-state index is 13.1. The molecule has 0 aliphatic rings. The lowest BCUT2D eigenvalue weighted by Crippen LogP contribution is -2.14. The number of aromatic nitrogens is 2. The van der Waals surface area contributed by atoms with Gasteiger partial charge in [-0.05, 0) is 47.6 Å². The van der Waals surface area contributed by atoms with Crippen LogP contribution in [0.1, 0.15) is 36.8 Å². The van der Waals surface area contributed by atoms with E-state index in [1.807, 2.05) is 18.2 Å². The fraction of sp³-hybridized carbons (Fsp3) is 0.233. The summed E-state index contributed by atoms with van der Waals surface area (Å²) in [5.41, 5.74) is 5.87. The SMILES string of the molecule is CCSc1ccccc1NC(=O)CCC(c1cn(C)c2ccccc12)c1cn(C)c2ccccc12. The van der Waals surface area contributed by atoms with E-state index in [0.29, 0.717) is 6.42 Å². The van der Waals surface area contributed by atoms with Crippen LogP contribution in [-0.4, -0.2) is 20.8 Å². The number of fused-ring (bicyclic) bond motifs is 2. The topological polar surface area (TPSA) is 39.0 Å². The molecule has 35 heavy (non-hydrogen) atoms. The molecular weight excluding hydrogens is 450 g/mol. The Balaban J connectivity index is 1.49. The molecule has 0 aliphatic heterocycles. The van der Waals surface area contributed by atoms with Gasteiger partial charge in [0, 0.05) is 65.5 Å². The summed E-state index contributed by atoms with van der Waals surface area (Å²) in [4.78, 5) is 14.3. The minimum atomic E-state index is 0.0552. The number of hydrogen-bond acceptors (Lipinski definition) is 2. The molecule has 178 valence electrons. The Morgan fingerprint density at radius 2 is 1.37 bits per heavy atom. The van der Waals surface area contributed by atoms with E-state index < -0.39 is 0 Å². The molecule has 0 atom stereocenters. The Kier molecular flexibility index (Phi) is 6.69. The zero-order chi connectivity index (χ0) is 24.4. The monoisotopic (exact) mass is 481 g/mol. The number of anilines is 1. The second-order valence-corrected chi connectivity index (χ2v) is 10.3. The van der Waals surface area contributed by atoms with Crippen molar-refractivity contribution in [1.82, 2.24) is 9.13 Å². The van der Waals surface area contributed by atoms with Gasteiger partial charge in [0.2, 0.25) is 5.91 Å². The quantitative estimate of drug-likeness (QED) is 0.236. The fourth-order valence-corrected chi connectivity index (χ4v) is 5.88. The van der Waals surface area contributed by atoms with Crippen molar-refractivity contribution < 1.29 is 4.79 Å². The molecule has 0 fully saturated rings. The Bertz CT molecular complexity index is 1420. The molecule has 0 unspecified atom stereocenters. The molecule has 5 rings (SSSR count). The van der Waals surface area contributed by atoms with E-state index in [1.165, 1.54) is 32.9 Å². The minimum absolute atomic E-state index is 0.0552. The maximum absolute atomic E-state index is 13.1. The molecular formula is C30H31N3OS. The number of amides is 1. The molecule has 0 saturated heterocycles. The Morgan fingerprint density at radius 3 is 1.97 bits per heavy atom. The van der Waals surface area contributed by atoms with Crippen LogP contribution in [0.25, 0.3) is 21.8 Å². The largest absolute Gasteiger partial charge is 0.350 e. The van der Waals surface area contributed by atoms with Crippen molar-refractivity contribution in [3.8, 4) is 0 Å². The van der Waals surface area contributed by atoms with Crippen LogP contribution in [0.2, 0.25) is 0 Å². The Hall–Kier alpha value is -3.44. The number of para-hydroxylation sites is 3. The average molecular weight is 482 g/mol. The van der Waals surface area contributed by atoms with Crippen LogP contribution in [0.5, 0.6) is 0 Å². The third-order valence-corrected chi connectivity index (χ3v) is 7.68. The van der Waals surface area contributed by atoms with E-state index >= 15 is 0 Å². The summed E-state index contributed by atoms with van der Waals surface area (Å²) in [5.74, 6) is 1.13. The first kappa shape index (κ1) is 23.3. The highest BCUT2D eigenvalue weighted by molar-refractivity contribution is 7.99. The molecule has 0 spiro atoms. The third kappa shape index (κ3) is 4.61. The van der Waals surface area contributed by atoms with Crippen molar-refractivity contribution in [2.24, 2.45) is 14.1 Å². The maximum Gasteiger partial charge on any atom is 0.224 e. The summed E-state index contributed by atoms with van der Waals surface area (Å²) in [6, 6.07) is 25.1. The zero-order valence-corrected chi connectivity index (χ0v) is 21.3. The first-order valence-electron chi connectivity index (χ1n) is 12.2. The van der Waals surface area contributed by atoms with Crippen LogP contribution in [0.4, 0.5) is 5.69 Å². The molecule has 5 aromatic rings. The van der Waals surface area contributed by atoms with Crippen LogP contribution in [0.3, 0.4) is 0 Å². The molecule has 0 aliphatic carbocycles. The molecule has 3 aromatic carbocycles. The van der Waals surface area contributed by atoms with E-state index in [9.17, 15) is 4.79 Å². The van der Waals surface area contributed by atoms with Gasteiger partial charge in [-0.3, -0.25) is 4.79 Å². The molecule has 1 N–H and O–H groups in total. The van der Waals surface area contributed by atoms with Crippen LogP contribution in [0.15, 0.2) is 90.1 Å². The first-order valence-corrected chi connectivity index (χ1v) is 13.1. The average Bonchev–Trinajstić information content (AvgIpc) is 3.38. The lowest BCUT2D eigenvalue weighted by Gasteiger charge is -2.17. The van der Waals surface area contributed by atoms with Crippen molar-refractivity contribution >= 4 is 45.2 Å². The van der Waals surface area contributed by atoms with Crippen molar-refractivity contribution in [3.63, 3.8) is 0 Å². The minimum Gasteiger partial charge on any atom is -0.350 e. The van der Waals surface area contributed by atoms with Gasteiger partial charge in [0.25, 0.3) is 0 Å². The van der Waals surface area contributed by atoms with Gasteiger partial charge in [0.05, 0.1) is 5.69 Å². The summed E-state index contributed by atoms with van der Waals surface area (Å²) in [5, 5.41) is 5.66. The number of nitrogens with one attached hydrogen (secondary N) is 1. The van der Waals surface area contributed by atoms with Gasteiger partial charge in [0.1, 0.15) is 0 Å². The molecule has 2 aromatic heterocycles. The van der Waals surface area contributed by atoms with Crippen molar-refractivity contribution in [1.29, 1.82) is 0 Å². The standard InChI is InChI=1S/C30H31N3OS/c1-4-35-29-16-10-7-13-26(29)31-30(34)18-17-21(24-19-32(2)27-14-8-5-11-22(24)27)25-20-33(3)28-15-9-6-12-23(25)28/h5-16,19-21H,4,17-18H2,1-3H3,(H,31,34). The van der Waals surface area contributed by atoms with Crippen LogP contribution >= 0.6 is 11.8 Å². The van der Waals surface area contributed by atoms with Gasteiger partial charge < -0.3 is 14.5 Å². The van der Waals surface area contributed by atoms with Crippen LogP contribution in [-0.2, 0) is 18.9 Å². The highest BCUT2D eigenvalue weighted by atomic mass is 32.2. The summed E-state index contributed by atoms with van der Waals surface area (Å²) in [6.07, 6.45) is 5.66. The molecule has 2 heterocycles. The number of nitrogens with zero attached hydrogens (tertiary/aromatic N) is 2. The number of thioether (sulfide) groups is 1. The van der Waals surface area contributed by atoms with E-state index in [2.05, 4.69) is 102 Å². The molecule has 0 saturated carbocycles. The predicted octanol–water partition coefficient (Wildman–Crippen LogP) is 7.33. The van der Waals surface area contributed by atoms with Gasteiger partial charge in [0.15, 0.2) is 0 Å². The molecule has 0 bridgehead atoms. The molecule has 1 amide bonds. The Morgan fingerprint density at radius 1 is 0.829 bits per heavy atom. The number of aryl methyl sites for hydroxylation is 2. The third-order valence-electron chi connectivity index (χ3n) is 6.73. The highest BCUT2D eigenvalue weighted by Crippen LogP contribution is 2.39. The lowest BCUT2D eigenvalue weighted by atomic mass is 9.87. The number of rotatable bonds is 8. The van der Waals surface area contributed by atoms with Crippen molar-refractivity contribution in [2.75, 3.05) is 11.1 Å².